The molecule has 0 radical (unpaired) electrons. The second-order valence-electron chi connectivity index (χ2n) is 6.34. The van der Waals surface area contributed by atoms with Gasteiger partial charge in [-0.05, 0) is 57.7 Å². The number of halogens is 2. The van der Waals surface area contributed by atoms with Gasteiger partial charge in [-0.25, -0.2) is 9.18 Å². The first-order chi connectivity index (χ1) is 10.2. The molecular formula is C17H25F2NO2. The highest BCUT2D eigenvalue weighted by Gasteiger charge is 2.21. The van der Waals surface area contributed by atoms with Crippen LogP contribution in [0.15, 0.2) is 18.2 Å². The molecule has 0 unspecified atom stereocenters. The highest BCUT2D eigenvalue weighted by molar-refractivity contribution is 5.68. The van der Waals surface area contributed by atoms with Gasteiger partial charge in [0, 0.05) is 13.1 Å². The standard InChI is InChI=1S/C17H25F2NO2/c1-13-6-7-14(12-15(13)19)8-11-20(10-5-9-18)16(21)22-17(2,3)4/h6-7,12H,5,8-11H2,1-4H3. The molecule has 0 aliphatic heterocycles. The van der Waals surface area contributed by atoms with Crippen LogP contribution >= 0.6 is 0 Å². The van der Waals surface area contributed by atoms with Gasteiger partial charge >= 0.3 is 6.09 Å². The summed E-state index contributed by atoms with van der Waals surface area (Å²) in [5, 5.41) is 0. The number of benzene rings is 1. The van der Waals surface area contributed by atoms with Crippen molar-refractivity contribution in [2.24, 2.45) is 0 Å². The zero-order valence-corrected chi connectivity index (χ0v) is 13.8. The summed E-state index contributed by atoms with van der Waals surface area (Å²) in [4.78, 5) is 13.6. The number of amides is 1. The van der Waals surface area contributed by atoms with E-state index in [1.165, 1.54) is 11.0 Å². The molecule has 5 heteroatoms. The molecule has 1 aromatic rings. The van der Waals surface area contributed by atoms with E-state index in [-0.39, 0.29) is 12.2 Å². The third-order valence-electron chi connectivity index (χ3n) is 3.12. The SMILES string of the molecule is Cc1ccc(CCN(CCCF)C(=O)OC(C)(C)C)cc1F. The smallest absolute Gasteiger partial charge is 0.410 e. The predicted octanol–water partition coefficient (Wildman–Crippen LogP) is 4.27. The van der Waals surface area contributed by atoms with Crippen molar-refractivity contribution in [1.82, 2.24) is 4.90 Å². The molecule has 124 valence electrons. The largest absolute Gasteiger partial charge is 0.444 e. The van der Waals surface area contributed by atoms with Gasteiger partial charge in [-0.3, -0.25) is 4.39 Å². The van der Waals surface area contributed by atoms with Gasteiger partial charge < -0.3 is 9.64 Å². The van der Waals surface area contributed by atoms with E-state index in [4.69, 9.17) is 4.74 Å². The second kappa shape index (κ2) is 8.11. The highest BCUT2D eigenvalue weighted by Crippen LogP contribution is 2.13. The molecule has 22 heavy (non-hydrogen) atoms. The second-order valence-corrected chi connectivity index (χ2v) is 6.34. The van der Waals surface area contributed by atoms with Crippen LogP contribution in [0.5, 0.6) is 0 Å². The van der Waals surface area contributed by atoms with Crippen molar-refractivity contribution in [3.63, 3.8) is 0 Å². The Balaban J connectivity index is 2.67. The summed E-state index contributed by atoms with van der Waals surface area (Å²) in [5.74, 6) is -0.259. The third-order valence-corrected chi connectivity index (χ3v) is 3.12. The first-order valence-corrected chi connectivity index (χ1v) is 7.52. The highest BCUT2D eigenvalue weighted by atomic mass is 19.1. The lowest BCUT2D eigenvalue weighted by Crippen LogP contribution is -2.38. The van der Waals surface area contributed by atoms with Crippen molar-refractivity contribution < 1.29 is 18.3 Å². The molecule has 3 nitrogen and oxygen atoms in total. The topological polar surface area (TPSA) is 29.5 Å². The van der Waals surface area contributed by atoms with E-state index in [0.717, 1.165) is 5.56 Å². The van der Waals surface area contributed by atoms with Gasteiger partial charge in [0.1, 0.15) is 11.4 Å². The molecule has 0 heterocycles. The van der Waals surface area contributed by atoms with E-state index < -0.39 is 18.4 Å². The van der Waals surface area contributed by atoms with Crippen molar-refractivity contribution in [3.05, 3.63) is 35.1 Å². The minimum atomic E-state index is -0.596. The number of alkyl halides is 1. The molecule has 0 aromatic heterocycles. The van der Waals surface area contributed by atoms with Crippen LogP contribution in [0.1, 0.15) is 38.3 Å². The third kappa shape index (κ3) is 6.41. The Morgan fingerprint density at radius 3 is 2.50 bits per heavy atom. The summed E-state index contributed by atoms with van der Waals surface area (Å²) in [6.07, 6.45) is 0.304. The van der Waals surface area contributed by atoms with Gasteiger partial charge in [-0.2, -0.15) is 0 Å². The van der Waals surface area contributed by atoms with Gasteiger partial charge in [0.05, 0.1) is 6.67 Å². The Hall–Kier alpha value is -1.65. The van der Waals surface area contributed by atoms with E-state index in [2.05, 4.69) is 0 Å². The molecule has 0 fully saturated rings. The van der Waals surface area contributed by atoms with Gasteiger partial charge in [0.2, 0.25) is 0 Å². The number of carbonyl (C=O) groups excluding carboxylic acids is 1. The normalized spacial score (nSPS) is 11.4. The van der Waals surface area contributed by atoms with E-state index in [1.807, 2.05) is 6.07 Å². The Kier molecular flexibility index (Phi) is 6.78. The number of carbonyl (C=O) groups is 1. The van der Waals surface area contributed by atoms with Crippen LogP contribution in [0, 0.1) is 12.7 Å². The Morgan fingerprint density at radius 2 is 1.95 bits per heavy atom. The Morgan fingerprint density at radius 1 is 1.27 bits per heavy atom. The number of rotatable bonds is 6. The number of aryl methyl sites for hydroxylation is 1. The molecular weight excluding hydrogens is 288 g/mol. The fourth-order valence-corrected chi connectivity index (χ4v) is 1.93. The van der Waals surface area contributed by atoms with Gasteiger partial charge in [0.15, 0.2) is 0 Å². The van der Waals surface area contributed by atoms with Crippen LogP contribution in [-0.2, 0) is 11.2 Å². The summed E-state index contributed by atoms with van der Waals surface area (Å²) in [6.45, 7) is 7.23. The first kappa shape index (κ1) is 18.4. The summed E-state index contributed by atoms with van der Waals surface area (Å²) in [6, 6.07) is 5.02. The molecule has 0 saturated carbocycles. The lowest BCUT2D eigenvalue weighted by atomic mass is 10.1. The zero-order chi connectivity index (χ0) is 16.8. The first-order valence-electron chi connectivity index (χ1n) is 7.52. The van der Waals surface area contributed by atoms with Gasteiger partial charge in [-0.15, -0.1) is 0 Å². The molecule has 1 aromatic carbocycles. The van der Waals surface area contributed by atoms with Crippen LogP contribution in [0.4, 0.5) is 13.6 Å². The minimum absolute atomic E-state index is 0.259. The molecule has 0 bridgehead atoms. The molecule has 1 rings (SSSR count). The molecule has 0 saturated heterocycles. The molecule has 0 aliphatic carbocycles. The number of hydrogen-bond acceptors (Lipinski definition) is 2. The minimum Gasteiger partial charge on any atom is -0.444 e. The fourth-order valence-electron chi connectivity index (χ4n) is 1.93. The molecule has 0 aliphatic rings. The molecule has 0 N–H and O–H groups in total. The van der Waals surface area contributed by atoms with E-state index >= 15 is 0 Å². The van der Waals surface area contributed by atoms with Crippen LogP contribution in [-0.4, -0.2) is 36.4 Å². The van der Waals surface area contributed by atoms with Crippen molar-refractivity contribution in [2.75, 3.05) is 19.8 Å². The van der Waals surface area contributed by atoms with Crippen molar-refractivity contribution >= 4 is 6.09 Å². The lowest BCUT2D eigenvalue weighted by Gasteiger charge is -2.27. The lowest BCUT2D eigenvalue weighted by molar-refractivity contribution is 0.0247. The maximum Gasteiger partial charge on any atom is 0.410 e. The number of nitrogens with zero attached hydrogens (tertiary/aromatic N) is 1. The van der Waals surface area contributed by atoms with Crippen molar-refractivity contribution in [1.29, 1.82) is 0 Å². The summed E-state index contributed by atoms with van der Waals surface area (Å²) >= 11 is 0. The van der Waals surface area contributed by atoms with Gasteiger partial charge in [0.25, 0.3) is 0 Å². The fraction of sp³-hybridized carbons (Fsp3) is 0.588. The van der Waals surface area contributed by atoms with Crippen LogP contribution in [0.25, 0.3) is 0 Å². The van der Waals surface area contributed by atoms with Crippen molar-refractivity contribution in [3.8, 4) is 0 Å². The average Bonchev–Trinajstić information content (AvgIpc) is 2.40. The Bertz CT molecular complexity index is 498. The number of ether oxygens (including phenoxy) is 1. The van der Waals surface area contributed by atoms with E-state index in [0.29, 0.717) is 25.1 Å². The molecule has 0 spiro atoms. The molecule has 0 atom stereocenters. The summed E-state index contributed by atoms with van der Waals surface area (Å²) < 4.78 is 31.2. The maximum absolute atomic E-state index is 13.5. The van der Waals surface area contributed by atoms with Crippen molar-refractivity contribution in [2.45, 2.75) is 46.1 Å². The monoisotopic (exact) mass is 313 g/mol. The average molecular weight is 313 g/mol. The van der Waals surface area contributed by atoms with E-state index in [1.54, 1.807) is 33.8 Å². The van der Waals surface area contributed by atoms with Crippen LogP contribution < -0.4 is 0 Å². The zero-order valence-electron chi connectivity index (χ0n) is 13.8. The van der Waals surface area contributed by atoms with Crippen LogP contribution in [0.2, 0.25) is 0 Å². The summed E-state index contributed by atoms with van der Waals surface area (Å²) in [5.41, 5.74) is 0.795. The maximum atomic E-state index is 13.5. The Labute approximate surface area is 131 Å². The summed E-state index contributed by atoms with van der Waals surface area (Å²) in [7, 11) is 0. The molecule has 1 amide bonds. The quantitative estimate of drug-likeness (QED) is 0.785. The van der Waals surface area contributed by atoms with E-state index in [9.17, 15) is 13.6 Å². The predicted molar refractivity (Wildman–Crippen MR) is 83.2 cm³/mol. The van der Waals surface area contributed by atoms with Gasteiger partial charge in [-0.1, -0.05) is 12.1 Å². The number of hydrogen-bond donors (Lipinski definition) is 0. The van der Waals surface area contributed by atoms with Crippen LogP contribution in [0.3, 0.4) is 0 Å².